The van der Waals surface area contributed by atoms with Crippen LogP contribution in [-0.4, -0.2) is 99.0 Å². The van der Waals surface area contributed by atoms with Crippen molar-refractivity contribution in [3.05, 3.63) is 48.0 Å². The maximum atomic E-state index is 13.6. The molecule has 0 bridgehead atoms. The lowest BCUT2D eigenvalue weighted by Crippen LogP contribution is -2.60. The minimum absolute atomic E-state index is 0.0151. The summed E-state index contributed by atoms with van der Waals surface area (Å²) < 4.78 is 4.80. The Morgan fingerprint density at radius 2 is 1.49 bits per heavy atom. The molecular formula is C30H41N7O10. The van der Waals surface area contributed by atoms with E-state index in [0.717, 1.165) is 0 Å². The number of aldehydes is 1. The predicted octanol–water partition coefficient (Wildman–Crippen LogP) is -0.696. The third-order valence-corrected chi connectivity index (χ3v) is 6.76. The number of phenolic OH excluding ortho intramolecular Hbond substituents is 1. The van der Waals surface area contributed by atoms with Gasteiger partial charge in [-0.2, -0.15) is 0 Å². The molecule has 17 nitrogen and oxygen atoms in total. The van der Waals surface area contributed by atoms with Crippen LogP contribution >= 0.6 is 0 Å². The van der Waals surface area contributed by atoms with Crippen LogP contribution in [0.1, 0.15) is 45.4 Å². The molecular weight excluding hydrogens is 618 g/mol. The van der Waals surface area contributed by atoms with Crippen molar-refractivity contribution in [3.63, 3.8) is 0 Å². The van der Waals surface area contributed by atoms with Crippen LogP contribution in [0.15, 0.2) is 36.8 Å². The maximum absolute atomic E-state index is 13.6. The number of imidazole rings is 1. The first-order valence-electron chi connectivity index (χ1n) is 14.8. The van der Waals surface area contributed by atoms with E-state index in [1.165, 1.54) is 31.6 Å². The van der Waals surface area contributed by atoms with Gasteiger partial charge in [-0.25, -0.2) is 9.78 Å². The Labute approximate surface area is 270 Å². The van der Waals surface area contributed by atoms with Gasteiger partial charge in [0.2, 0.25) is 23.6 Å². The number of alkyl carbamates (subject to hydrolysis) is 1. The molecule has 0 unspecified atom stereocenters. The molecule has 17 heteroatoms. The molecule has 47 heavy (non-hydrogen) atoms. The number of carbonyl (C=O) groups excluding carboxylic acids is 6. The van der Waals surface area contributed by atoms with Gasteiger partial charge in [0.25, 0.3) is 0 Å². The highest BCUT2D eigenvalue weighted by molar-refractivity contribution is 5.96. The van der Waals surface area contributed by atoms with E-state index in [1.807, 2.05) is 0 Å². The number of rotatable bonds is 18. The number of hydrogen-bond donors (Lipinski definition) is 8. The molecule has 5 atom stereocenters. The number of phenols is 1. The number of carboxylic acid groups (broad SMARTS) is 1. The molecule has 1 heterocycles. The Morgan fingerprint density at radius 3 is 2.04 bits per heavy atom. The Balaban J connectivity index is 2.28. The van der Waals surface area contributed by atoms with Crippen molar-refractivity contribution in [2.45, 2.75) is 77.2 Å². The molecule has 2 aromatic rings. The van der Waals surface area contributed by atoms with Crippen LogP contribution in [0, 0.1) is 5.92 Å². The van der Waals surface area contributed by atoms with Crippen LogP contribution in [-0.2, 0) is 46.3 Å². The highest BCUT2D eigenvalue weighted by Crippen LogP contribution is 2.13. The lowest BCUT2D eigenvalue weighted by molar-refractivity contribution is -0.139. The van der Waals surface area contributed by atoms with Gasteiger partial charge < -0.3 is 51.3 Å². The summed E-state index contributed by atoms with van der Waals surface area (Å²) in [6.45, 7) is 6.35. The van der Waals surface area contributed by atoms with Crippen LogP contribution in [0.3, 0.4) is 0 Å². The van der Waals surface area contributed by atoms with Crippen LogP contribution < -0.4 is 26.6 Å². The molecule has 0 fully saturated rings. The van der Waals surface area contributed by atoms with Crippen LogP contribution in [0.4, 0.5) is 4.79 Å². The minimum Gasteiger partial charge on any atom is -0.508 e. The molecule has 1 aromatic heterocycles. The van der Waals surface area contributed by atoms with E-state index < -0.39 is 78.2 Å². The third kappa shape index (κ3) is 12.8. The molecule has 0 aliphatic heterocycles. The summed E-state index contributed by atoms with van der Waals surface area (Å²) >= 11 is 0. The number of nitrogens with zero attached hydrogens (tertiary/aromatic N) is 1. The highest BCUT2D eigenvalue weighted by atomic mass is 16.5. The van der Waals surface area contributed by atoms with Crippen molar-refractivity contribution < 1.29 is 48.5 Å². The molecule has 0 aliphatic carbocycles. The third-order valence-electron chi connectivity index (χ3n) is 6.76. The number of carboxylic acids is 1. The van der Waals surface area contributed by atoms with Crippen LogP contribution in [0.5, 0.6) is 5.75 Å². The van der Waals surface area contributed by atoms with Crippen molar-refractivity contribution in [1.29, 1.82) is 0 Å². The predicted molar refractivity (Wildman–Crippen MR) is 165 cm³/mol. The van der Waals surface area contributed by atoms with E-state index in [9.17, 15) is 38.7 Å². The lowest BCUT2D eigenvalue weighted by atomic mass is 10.00. The number of amides is 5. The lowest BCUT2D eigenvalue weighted by Gasteiger charge is -2.28. The minimum atomic E-state index is -1.35. The number of aromatic amines is 1. The number of H-pyrrole nitrogens is 1. The fourth-order valence-corrected chi connectivity index (χ4v) is 4.27. The molecule has 0 radical (unpaired) electrons. The normalized spacial score (nSPS) is 14.0. The second-order valence-corrected chi connectivity index (χ2v) is 10.9. The number of ether oxygens (including phenoxy) is 1. The van der Waals surface area contributed by atoms with E-state index in [1.54, 1.807) is 32.9 Å². The van der Waals surface area contributed by atoms with Crippen molar-refractivity contribution in [1.82, 2.24) is 36.6 Å². The second kappa shape index (κ2) is 18.5. The largest absolute Gasteiger partial charge is 0.508 e. The summed E-state index contributed by atoms with van der Waals surface area (Å²) in [5, 5.41) is 31.1. The van der Waals surface area contributed by atoms with Gasteiger partial charge in [0.05, 0.1) is 25.4 Å². The molecule has 256 valence electrons. The average Bonchev–Trinajstić information content (AvgIpc) is 3.52. The zero-order valence-corrected chi connectivity index (χ0v) is 26.4. The Morgan fingerprint density at radius 1 is 0.872 bits per heavy atom. The van der Waals surface area contributed by atoms with Crippen LogP contribution in [0.25, 0.3) is 0 Å². The molecule has 0 spiro atoms. The molecule has 8 N–H and O–H groups in total. The van der Waals surface area contributed by atoms with E-state index >= 15 is 0 Å². The number of aliphatic carboxylic acids is 1. The number of nitrogens with one attached hydrogen (secondary N) is 6. The Bertz CT molecular complexity index is 1380. The summed E-state index contributed by atoms with van der Waals surface area (Å²) in [4.78, 5) is 94.2. The molecule has 0 saturated heterocycles. The van der Waals surface area contributed by atoms with E-state index in [0.29, 0.717) is 11.3 Å². The fourth-order valence-electron chi connectivity index (χ4n) is 4.27. The Hall–Kier alpha value is -5.48. The first-order valence-corrected chi connectivity index (χ1v) is 14.8. The standard InChI is InChI=1S/C30H41N7O10/c1-5-47-30(46)33-17(4)26(42)35-22(10-18-6-8-21(39)9-7-18)28(44)37-25(16(2)3)29(45)36-23(11-19-13-31-15-32-19)27(43)34-20(14-38)12-24(40)41/h6-9,13-17,20,22-23,25,39H,5,10-12H2,1-4H3,(H,31,32)(H,33,46)(H,34,43)(H,35,42)(H,36,45)(H,37,44)(H,40,41)/t17-,20-,22-,23-,25-/m0/s1. The number of aromatic hydroxyl groups is 1. The smallest absolute Gasteiger partial charge is 0.407 e. The van der Waals surface area contributed by atoms with Crippen molar-refractivity contribution >= 4 is 42.0 Å². The molecule has 1 aromatic carbocycles. The fraction of sp³-hybridized carbons (Fsp3) is 0.467. The first kappa shape index (κ1) is 37.7. The number of aromatic nitrogens is 2. The zero-order chi connectivity index (χ0) is 35.1. The van der Waals surface area contributed by atoms with E-state index in [4.69, 9.17) is 9.84 Å². The van der Waals surface area contributed by atoms with E-state index in [-0.39, 0.29) is 31.5 Å². The van der Waals surface area contributed by atoms with Gasteiger partial charge in [-0.05, 0) is 37.5 Å². The van der Waals surface area contributed by atoms with Gasteiger partial charge in [-0.3, -0.25) is 24.0 Å². The summed E-state index contributed by atoms with van der Waals surface area (Å²) in [5.74, 6) is -4.97. The number of carbonyl (C=O) groups is 7. The van der Waals surface area contributed by atoms with Crippen molar-refractivity contribution in [2.75, 3.05) is 6.61 Å². The number of hydrogen-bond acceptors (Lipinski definition) is 10. The summed E-state index contributed by atoms with van der Waals surface area (Å²) in [6.07, 6.45) is 1.36. The van der Waals surface area contributed by atoms with Crippen molar-refractivity contribution in [2.24, 2.45) is 5.92 Å². The molecule has 0 aliphatic rings. The highest BCUT2D eigenvalue weighted by Gasteiger charge is 2.33. The quantitative estimate of drug-likeness (QED) is 0.0929. The molecule has 0 saturated carbocycles. The zero-order valence-electron chi connectivity index (χ0n) is 26.4. The Kier molecular flexibility index (Phi) is 14.8. The first-order chi connectivity index (χ1) is 22.2. The second-order valence-electron chi connectivity index (χ2n) is 10.9. The topological polar surface area (TPSA) is 258 Å². The van der Waals surface area contributed by atoms with E-state index in [2.05, 4.69) is 36.6 Å². The molecule has 2 rings (SSSR count). The summed E-state index contributed by atoms with van der Waals surface area (Å²) in [6, 6.07) is -0.335. The monoisotopic (exact) mass is 659 g/mol. The summed E-state index contributed by atoms with van der Waals surface area (Å²) in [5.41, 5.74) is 1.00. The van der Waals surface area contributed by atoms with Crippen LogP contribution in [0.2, 0.25) is 0 Å². The molecule has 5 amide bonds. The van der Waals surface area contributed by atoms with Gasteiger partial charge in [0, 0.05) is 24.7 Å². The van der Waals surface area contributed by atoms with Gasteiger partial charge in [-0.15, -0.1) is 0 Å². The number of benzene rings is 1. The maximum Gasteiger partial charge on any atom is 0.407 e. The van der Waals surface area contributed by atoms with Crippen molar-refractivity contribution in [3.8, 4) is 5.75 Å². The summed E-state index contributed by atoms with van der Waals surface area (Å²) in [7, 11) is 0. The van der Waals surface area contributed by atoms with Gasteiger partial charge >= 0.3 is 12.1 Å². The average molecular weight is 660 g/mol. The van der Waals surface area contributed by atoms with Gasteiger partial charge in [-0.1, -0.05) is 26.0 Å². The van der Waals surface area contributed by atoms with Gasteiger partial charge in [0.1, 0.15) is 36.2 Å². The SMILES string of the molecule is CCOC(=O)N[C@@H](C)C(=O)N[C@@H](Cc1ccc(O)cc1)C(=O)N[C@H](C(=O)N[C@@H](Cc1cnc[nH]1)C(=O)N[C@H](C=O)CC(=O)O)C(C)C. The van der Waals surface area contributed by atoms with Gasteiger partial charge in [0.15, 0.2) is 0 Å².